The van der Waals surface area contributed by atoms with E-state index in [0.717, 1.165) is 29.6 Å². The fraction of sp³-hybridized carbons (Fsp3) is 1.00. The average Bonchev–Trinajstić information content (AvgIpc) is 2.57. The van der Waals surface area contributed by atoms with Crippen molar-refractivity contribution in [3.8, 4) is 0 Å². The van der Waals surface area contributed by atoms with Crippen LogP contribution in [0.3, 0.4) is 0 Å². The highest BCUT2D eigenvalue weighted by Gasteiger charge is 2.49. The topological polar surface area (TPSA) is 0 Å². The molecule has 0 aromatic heterocycles. The third-order valence-corrected chi connectivity index (χ3v) is 5.19. The van der Waals surface area contributed by atoms with Gasteiger partial charge in [0.15, 0.2) is 0 Å². The van der Waals surface area contributed by atoms with E-state index in [0.29, 0.717) is 5.41 Å². The van der Waals surface area contributed by atoms with Crippen molar-refractivity contribution in [2.24, 2.45) is 35.0 Å². The minimum Gasteiger partial charge on any atom is -0.0625 e. The smallest absolute Gasteiger partial charge is 0.0331 e. The monoisotopic (exact) mass is 208 g/mol. The summed E-state index contributed by atoms with van der Waals surface area (Å²) >= 11 is 0. The minimum absolute atomic E-state index is 0.539. The van der Waals surface area contributed by atoms with E-state index in [1.165, 1.54) is 25.7 Å². The second kappa shape index (κ2) is 3.79. The zero-order valence-corrected chi connectivity index (χ0v) is 11.2. The summed E-state index contributed by atoms with van der Waals surface area (Å²) in [5.41, 5.74) is 0.539. The molecule has 0 aliphatic heterocycles. The van der Waals surface area contributed by atoms with Crippen molar-refractivity contribution in [1.82, 2.24) is 0 Å². The SMILES string of the molecule is CC(C)C1CC(C(C)(C)C)C2CCCC12. The third kappa shape index (κ3) is 1.97. The predicted molar refractivity (Wildman–Crippen MR) is 66.7 cm³/mol. The minimum atomic E-state index is 0.539. The first-order chi connectivity index (χ1) is 6.91. The second-order valence-corrected chi connectivity index (χ2v) is 7.37. The number of rotatable bonds is 1. The van der Waals surface area contributed by atoms with Gasteiger partial charge >= 0.3 is 0 Å². The number of fused-ring (bicyclic) bond motifs is 1. The Balaban J connectivity index is 2.17. The van der Waals surface area contributed by atoms with Crippen molar-refractivity contribution in [2.75, 3.05) is 0 Å². The van der Waals surface area contributed by atoms with Crippen LogP contribution in [0.1, 0.15) is 60.3 Å². The zero-order chi connectivity index (χ0) is 11.2. The van der Waals surface area contributed by atoms with Gasteiger partial charge < -0.3 is 0 Å². The van der Waals surface area contributed by atoms with Crippen LogP contribution >= 0.6 is 0 Å². The van der Waals surface area contributed by atoms with E-state index >= 15 is 0 Å². The molecule has 0 heteroatoms. The van der Waals surface area contributed by atoms with Crippen molar-refractivity contribution in [3.63, 3.8) is 0 Å². The van der Waals surface area contributed by atoms with Crippen LogP contribution in [0.5, 0.6) is 0 Å². The van der Waals surface area contributed by atoms with Crippen molar-refractivity contribution in [2.45, 2.75) is 60.3 Å². The van der Waals surface area contributed by atoms with Gasteiger partial charge in [-0.1, -0.05) is 41.0 Å². The maximum atomic E-state index is 2.45. The molecular formula is C15H28. The van der Waals surface area contributed by atoms with Crippen LogP contribution in [-0.4, -0.2) is 0 Å². The summed E-state index contributed by atoms with van der Waals surface area (Å²) in [6.07, 6.45) is 6.07. The molecule has 0 saturated heterocycles. The molecule has 0 radical (unpaired) electrons. The highest BCUT2D eigenvalue weighted by atomic mass is 14.5. The molecule has 0 bridgehead atoms. The van der Waals surface area contributed by atoms with Gasteiger partial charge in [-0.3, -0.25) is 0 Å². The van der Waals surface area contributed by atoms with Gasteiger partial charge in [-0.2, -0.15) is 0 Å². The molecule has 0 heterocycles. The van der Waals surface area contributed by atoms with Crippen molar-refractivity contribution >= 4 is 0 Å². The largest absolute Gasteiger partial charge is 0.0625 e. The molecule has 88 valence electrons. The Morgan fingerprint density at radius 2 is 1.60 bits per heavy atom. The van der Waals surface area contributed by atoms with E-state index < -0.39 is 0 Å². The molecule has 4 unspecified atom stereocenters. The lowest BCUT2D eigenvalue weighted by molar-refractivity contribution is 0.176. The van der Waals surface area contributed by atoms with E-state index in [-0.39, 0.29) is 0 Å². The summed E-state index contributed by atoms with van der Waals surface area (Å²) in [7, 11) is 0. The third-order valence-electron chi connectivity index (χ3n) is 5.19. The van der Waals surface area contributed by atoms with E-state index in [2.05, 4.69) is 34.6 Å². The number of hydrogen-bond acceptors (Lipinski definition) is 0. The summed E-state index contributed by atoms with van der Waals surface area (Å²) in [6.45, 7) is 12.2. The fourth-order valence-electron chi connectivity index (χ4n) is 4.45. The molecule has 0 nitrogen and oxygen atoms in total. The van der Waals surface area contributed by atoms with Gasteiger partial charge in [0.05, 0.1) is 0 Å². The van der Waals surface area contributed by atoms with Gasteiger partial charge in [-0.25, -0.2) is 0 Å². The van der Waals surface area contributed by atoms with E-state index in [4.69, 9.17) is 0 Å². The zero-order valence-electron chi connectivity index (χ0n) is 11.2. The molecule has 2 saturated carbocycles. The summed E-state index contributed by atoms with van der Waals surface area (Å²) in [5, 5.41) is 0. The van der Waals surface area contributed by atoms with Crippen LogP contribution in [0.4, 0.5) is 0 Å². The molecule has 4 atom stereocenters. The van der Waals surface area contributed by atoms with Gasteiger partial charge in [0.2, 0.25) is 0 Å². The molecule has 0 amide bonds. The molecule has 0 aromatic carbocycles. The van der Waals surface area contributed by atoms with E-state index in [1.807, 2.05) is 0 Å². The lowest BCUT2D eigenvalue weighted by atomic mass is 9.74. The maximum absolute atomic E-state index is 2.45. The fourth-order valence-corrected chi connectivity index (χ4v) is 4.45. The average molecular weight is 208 g/mol. The maximum Gasteiger partial charge on any atom is -0.0331 e. The molecular weight excluding hydrogens is 180 g/mol. The summed E-state index contributed by atoms with van der Waals surface area (Å²) in [5.74, 6) is 5.08. The molecule has 2 aliphatic carbocycles. The Labute approximate surface area is 95.8 Å². The van der Waals surface area contributed by atoms with Crippen LogP contribution < -0.4 is 0 Å². The van der Waals surface area contributed by atoms with Gasteiger partial charge in [0.25, 0.3) is 0 Å². The quantitative estimate of drug-likeness (QED) is 0.584. The molecule has 0 N–H and O–H groups in total. The summed E-state index contributed by atoms with van der Waals surface area (Å²) < 4.78 is 0. The Morgan fingerprint density at radius 3 is 2.13 bits per heavy atom. The molecule has 0 aromatic rings. The van der Waals surface area contributed by atoms with Gasteiger partial charge in [0, 0.05) is 0 Å². The van der Waals surface area contributed by atoms with E-state index in [9.17, 15) is 0 Å². The Bertz CT molecular complexity index is 221. The Hall–Kier alpha value is 0. The Morgan fingerprint density at radius 1 is 1.00 bits per heavy atom. The van der Waals surface area contributed by atoms with Crippen LogP contribution in [0.25, 0.3) is 0 Å². The van der Waals surface area contributed by atoms with Crippen LogP contribution in [0.2, 0.25) is 0 Å². The lowest BCUT2D eigenvalue weighted by Crippen LogP contribution is -2.24. The molecule has 2 fully saturated rings. The first-order valence-electron chi connectivity index (χ1n) is 6.91. The summed E-state index contributed by atoms with van der Waals surface area (Å²) in [6, 6.07) is 0. The van der Waals surface area contributed by atoms with Gasteiger partial charge in [0.1, 0.15) is 0 Å². The molecule has 2 aliphatic rings. The van der Waals surface area contributed by atoms with Gasteiger partial charge in [-0.15, -0.1) is 0 Å². The normalized spacial score (nSPS) is 41.2. The highest BCUT2D eigenvalue weighted by Crippen LogP contribution is 2.57. The summed E-state index contributed by atoms with van der Waals surface area (Å²) in [4.78, 5) is 0. The molecule has 15 heavy (non-hydrogen) atoms. The van der Waals surface area contributed by atoms with Crippen LogP contribution in [0, 0.1) is 35.0 Å². The van der Waals surface area contributed by atoms with Crippen LogP contribution in [0.15, 0.2) is 0 Å². The standard InChI is InChI=1S/C15H28/c1-10(2)13-9-14(15(3,4)5)12-8-6-7-11(12)13/h10-14H,6-9H2,1-5H3. The van der Waals surface area contributed by atoms with Crippen molar-refractivity contribution in [1.29, 1.82) is 0 Å². The van der Waals surface area contributed by atoms with Gasteiger partial charge in [-0.05, 0) is 54.3 Å². The second-order valence-electron chi connectivity index (χ2n) is 7.37. The molecule has 0 spiro atoms. The predicted octanol–water partition coefficient (Wildman–Crippen LogP) is 4.74. The first kappa shape index (κ1) is 11.5. The first-order valence-corrected chi connectivity index (χ1v) is 6.91. The van der Waals surface area contributed by atoms with Crippen LogP contribution in [-0.2, 0) is 0 Å². The molecule has 2 rings (SSSR count). The van der Waals surface area contributed by atoms with Crippen molar-refractivity contribution < 1.29 is 0 Å². The highest BCUT2D eigenvalue weighted by molar-refractivity contribution is 4.98. The van der Waals surface area contributed by atoms with E-state index in [1.54, 1.807) is 0 Å². The Kier molecular flexibility index (Phi) is 2.90. The van der Waals surface area contributed by atoms with Crippen molar-refractivity contribution in [3.05, 3.63) is 0 Å². The number of hydrogen-bond donors (Lipinski definition) is 0. The lowest BCUT2D eigenvalue weighted by Gasteiger charge is -2.32.